The fourth-order valence-corrected chi connectivity index (χ4v) is 5.34. The molecule has 27 heavy (non-hydrogen) atoms. The van der Waals surface area contributed by atoms with Gasteiger partial charge in [0.1, 0.15) is 0 Å². The molecular weight excluding hydrogens is 439 g/mol. The molecule has 0 N–H and O–H groups in total. The minimum Gasteiger partial charge on any atom is -0.0654 e. The Hall–Kier alpha value is -0.310. The van der Waals surface area contributed by atoms with Crippen LogP contribution in [0.3, 0.4) is 0 Å². The molecular formula is C26H44I+. The van der Waals surface area contributed by atoms with Gasteiger partial charge in [0.2, 0.25) is 0 Å². The molecule has 0 nitrogen and oxygen atoms in total. The molecule has 0 aliphatic rings. The van der Waals surface area contributed by atoms with Crippen LogP contribution >= 0.6 is 0 Å². The molecule has 0 aliphatic carbocycles. The number of unbranched alkanes of at least 4 members (excludes halogenated alkanes) is 16. The molecule has 0 saturated heterocycles. The van der Waals surface area contributed by atoms with Crippen molar-refractivity contribution in [1.82, 2.24) is 0 Å². The van der Waals surface area contributed by atoms with E-state index in [2.05, 4.69) is 47.4 Å². The van der Waals surface area contributed by atoms with Gasteiger partial charge in [-0.1, -0.05) is 121 Å². The number of hydrogen-bond donors (Lipinski definition) is 0. The maximum atomic E-state index is 2.44. The highest BCUT2D eigenvalue weighted by atomic mass is 127. The molecule has 0 spiro atoms. The first-order valence-electron chi connectivity index (χ1n) is 11.8. The van der Waals surface area contributed by atoms with Crippen LogP contribution in [0.25, 0.3) is 0 Å². The highest BCUT2D eigenvalue weighted by molar-refractivity contribution is 4.99. The topological polar surface area (TPSA) is 0 Å². The van der Waals surface area contributed by atoms with E-state index in [4.69, 9.17) is 0 Å². The second-order valence-electron chi connectivity index (χ2n) is 7.86. The van der Waals surface area contributed by atoms with Crippen molar-refractivity contribution in [1.29, 1.82) is 0 Å². The first-order chi connectivity index (χ1) is 13.4. The molecule has 0 fully saturated rings. The van der Waals surface area contributed by atoms with Gasteiger partial charge in [-0.2, -0.15) is 0 Å². The van der Waals surface area contributed by atoms with Gasteiger partial charge in [0.15, 0.2) is 7.65 Å². The quantitative estimate of drug-likeness (QED) is 0.165. The van der Waals surface area contributed by atoms with Crippen molar-refractivity contribution in [3.63, 3.8) is 0 Å². The van der Waals surface area contributed by atoms with Crippen molar-refractivity contribution in [2.75, 3.05) is 0 Å². The molecule has 0 saturated carbocycles. The van der Waals surface area contributed by atoms with Crippen molar-refractivity contribution < 1.29 is 21.2 Å². The highest BCUT2D eigenvalue weighted by Crippen LogP contribution is 2.13. The van der Waals surface area contributed by atoms with E-state index < -0.39 is 0 Å². The van der Waals surface area contributed by atoms with E-state index in [1.165, 1.54) is 113 Å². The fraction of sp³-hybridized carbons (Fsp3) is 0.692. The van der Waals surface area contributed by atoms with E-state index in [9.17, 15) is 0 Å². The third kappa shape index (κ3) is 17.5. The summed E-state index contributed by atoms with van der Waals surface area (Å²) in [5.74, 6) is 0. The standard InChI is InChI=1S/C26H44I/c1-2-3-4-5-6-7-8-9-10-11-12-13-14-15-16-17-18-22-25-27-26-23-20-19-21-24-26/h19-25H,2-18H2,1H3/q+1/b25-22+. The summed E-state index contributed by atoms with van der Waals surface area (Å²) in [5.41, 5.74) is 0. The van der Waals surface area contributed by atoms with Crippen LogP contribution in [0.4, 0.5) is 0 Å². The molecule has 1 heteroatoms. The van der Waals surface area contributed by atoms with Gasteiger partial charge in [-0.3, -0.25) is 0 Å². The summed E-state index contributed by atoms with van der Waals surface area (Å²) >= 11 is 0.0993. The van der Waals surface area contributed by atoms with Gasteiger partial charge in [0.25, 0.3) is 0 Å². The van der Waals surface area contributed by atoms with Gasteiger partial charge < -0.3 is 0 Å². The number of benzene rings is 1. The first kappa shape index (κ1) is 24.7. The highest BCUT2D eigenvalue weighted by Gasteiger charge is 2.04. The van der Waals surface area contributed by atoms with Crippen molar-refractivity contribution in [2.45, 2.75) is 116 Å². The fourth-order valence-electron chi connectivity index (χ4n) is 3.48. The average Bonchev–Trinajstić information content (AvgIpc) is 2.70. The lowest BCUT2D eigenvalue weighted by molar-refractivity contribution is -0.557. The van der Waals surface area contributed by atoms with Gasteiger partial charge >= 0.3 is 21.2 Å². The zero-order valence-electron chi connectivity index (χ0n) is 17.9. The van der Waals surface area contributed by atoms with Crippen LogP contribution in [0, 0.1) is 3.57 Å². The molecule has 0 bridgehead atoms. The number of halogens is 1. The number of hydrogen-bond acceptors (Lipinski definition) is 0. The Morgan fingerprint density at radius 2 is 1.04 bits per heavy atom. The third-order valence-corrected chi connectivity index (χ3v) is 7.54. The lowest BCUT2D eigenvalue weighted by Gasteiger charge is -2.03. The summed E-state index contributed by atoms with van der Waals surface area (Å²) in [6, 6.07) is 10.9. The Morgan fingerprint density at radius 1 is 0.593 bits per heavy atom. The molecule has 0 aromatic heterocycles. The van der Waals surface area contributed by atoms with Crippen molar-refractivity contribution in [3.05, 3.63) is 44.1 Å². The lowest BCUT2D eigenvalue weighted by atomic mass is 10.0. The second-order valence-corrected chi connectivity index (χ2v) is 10.4. The molecule has 0 radical (unpaired) electrons. The molecule has 1 rings (SSSR count). The lowest BCUT2D eigenvalue weighted by Crippen LogP contribution is -3.59. The summed E-state index contributed by atoms with van der Waals surface area (Å²) in [6.45, 7) is 2.30. The van der Waals surface area contributed by atoms with E-state index in [0.717, 1.165) is 0 Å². The third-order valence-electron chi connectivity index (χ3n) is 5.24. The SMILES string of the molecule is CCCCCCCCCCCCCCCCCC/C=C/[I+]c1ccccc1. The smallest absolute Gasteiger partial charge is 0.0654 e. The van der Waals surface area contributed by atoms with Crippen LogP contribution in [0.5, 0.6) is 0 Å². The predicted molar refractivity (Wildman–Crippen MR) is 118 cm³/mol. The Balaban J connectivity index is 1.72. The molecule has 1 aromatic carbocycles. The van der Waals surface area contributed by atoms with Crippen LogP contribution in [-0.2, 0) is 0 Å². The maximum absolute atomic E-state index is 2.44. The molecule has 0 amide bonds. The summed E-state index contributed by atoms with van der Waals surface area (Å²) in [7, 11) is 0. The van der Waals surface area contributed by atoms with Gasteiger partial charge in [-0.05, 0) is 31.1 Å². The minimum absolute atomic E-state index is 0.0993. The second kappa shape index (κ2) is 20.4. The zero-order valence-corrected chi connectivity index (χ0v) is 20.1. The molecule has 1 aromatic rings. The Labute approximate surface area is 180 Å². The summed E-state index contributed by atoms with van der Waals surface area (Å²) < 4.78 is 3.97. The summed E-state index contributed by atoms with van der Waals surface area (Å²) in [6.07, 6.45) is 26.9. The zero-order chi connectivity index (χ0) is 19.3. The summed E-state index contributed by atoms with van der Waals surface area (Å²) in [4.78, 5) is 0. The van der Waals surface area contributed by atoms with E-state index in [1.807, 2.05) is 0 Å². The van der Waals surface area contributed by atoms with E-state index in [0.29, 0.717) is 0 Å². The van der Waals surface area contributed by atoms with Crippen LogP contribution in [0.2, 0.25) is 0 Å². The van der Waals surface area contributed by atoms with Crippen molar-refractivity contribution in [2.24, 2.45) is 0 Å². The molecule has 154 valence electrons. The van der Waals surface area contributed by atoms with Gasteiger partial charge in [-0.15, -0.1) is 0 Å². The molecule has 0 unspecified atom stereocenters. The van der Waals surface area contributed by atoms with Gasteiger partial charge in [0.05, 0.1) is 0 Å². The number of rotatable bonds is 19. The van der Waals surface area contributed by atoms with Gasteiger partial charge in [0, 0.05) is 0 Å². The average molecular weight is 484 g/mol. The van der Waals surface area contributed by atoms with Crippen molar-refractivity contribution in [3.8, 4) is 0 Å². The first-order valence-corrected chi connectivity index (χ1v) is 14.1. The van der Waals surface area contributed by atoms with E-state index in [-0.39, 0.29) is 21.2 Å². The number of allylic oxidation sites excluding steroid dienone is 1. The summed E-state index contributed by atoms with van der Waals surface area (Å²) in [5, 5.41) is 0. The van der Waals surface area contributed by atoms with Gasteiger partial charge in [-0.25, -0.2) is 0 Å². The molecule has 0 atom stereocenters. The molecule has 0 heterocycles. The normalized spacial score (nSPS) is 11.4. The van der Waals surface area contributed by atoms with Crippen LogP contribution in [0.1, 0.15) is 116 Å². The van der Waals surface area contributed by atoms with Crippen LogP contribution in [0.15, 0.2) is 40.5 Å². The minimum atomic E-state index is 0.0993. The van der Waals surface area contributed by atoms with Crippen molar-refractivity contribution >= 4 is 0 Å². The van der Waals surface area contributed by atoms with Crippen LogP contribution in [-0.4, -0.2) is 0 Å². The Kier molecular flexibility index (Phi) is 18.7. The Morgan fingerprint density at radius 3 is 1.52 bits per heavy atom. The molecule has 0 aliphatic heterocycles. The maximum Gasteiger partial charge on any atom is 0.349 e. The van der Waals surface area contributed by atoms with E-state index in [1.54, 1.807) is 0 Å². The Bertz CT molecular complexity index is 423. The van der Waals surface area contributed by atoms with E-state index >= 15 is 0 Å². The van der Waals surface area contributed by atoms with Crippen LogP contribution < -0.4 is 21.2 Å². The monoisotopic (exact) mass is 483 g/mol. The predicted octanol–water partition coefficient (Wildman–Crippen LogP) is 6.11. The largest absolute Gasteiger partial charge is 0.349 e.